The van der Waals surface area contributed by atoms with Gasteiger partial charge in [0, 0.05) is 38.8 Å². The van der Waals surface area contributed by atoms with Crippen molar-refractivity contribution in [1.29, 1.82) is 0 Å². The molecule has 0 N–H and O–H groups in total. The number of morpholine rings is 1. The third-order valence-electron chi connectivity index (χ3n) is 6.12. The number of amides is 2. The molecular weight excluding hydrogens is 362 g/mol. The molecule has 0 aromatic carbocycles. The molecule has 1 atom stereocenters. The van der Waals surface area contributed by atoms with Crippen LogP contribution in [-0.4, -0.2) is 85.0 Å². The van der Waals surface area contributed by atoms with E-state index in [1.54, 1.807) is 0 Å². The van der Waals surface area contributed by atoms with Crippen LogP contribution in [0.1, 0.15) is 35.4 Å². The predicted molar refractivity (Wildman–Crippen MR) is 105 cm³/mol. The van der Waals surface area contributed by atoms with Gasteiger partial charge in [-0.05, 0) is 43.7 Å². The van der Waals surface area contributed by atoms with Crippen LogP contribution in [0.25, 0.3) is 0 Å². The molecule has 3 aliphatic heterocycles. The summed E-state index contributed by atoms with van der Waals surface area (Å²) < 4.78 is 5.37. The van der Waals surface area contributed by atoms with E-state index in [4.69, 9.17) is 4.74 Å². The summed E-state index contributed by atoms with van der Waals surface area (Å²) >= 11 is 1.52. The highest BCUT2D eigenvalue weighted by molar-refractivity contribution is 7.12. The van der Waals surface area contributed by atoms with Crippen molar-refractivity contribution in [2.75, 3.05) is 52.5 Å². The zero-order valence-corrected chi connectivity index (χ0v) is 16.7. The number of hydrogen-bond acceptors (Lipinski definition) is 5. The lowest BCUT2D eigenvalue weighted by molar-refractivity contribution is -0.141. The molecule has 0 aliphatic carbocycles. The number of hydrogen-bond donors (Lipinski definition) is 0. The average Bonchev–Trinajstić information content (AvgIpc) is 3.28. The molecular formula is C20H29N3O3S. The van der Waals surface area contributed by atoms with Gasteiger partial charge in [0.1, 0.15) is 0 Å². The van der Waals surface area contributed by atoms with Crippen molar-refractivity contribution in [3.63, 3.8) is 0 Å². The van der Waals surface area contributed by atoms with Crippen molar-refractivity contribution in [3.8, 4) is 0 Å². The van der Waals surface area contributed by atoms with Gasteiger partial charge in [0.2, 0.25) is 5.91 Å². The quantitative estimate of drug-likeness (QED) is 0.790. The summed E-state index contributed by atoms with van der Waals surface area (Å²) in [6.07, 6.45) is 4.11. The first-order chi connectivity index (χ1) is 13.2. The molecule has 0 radical (unpaired) electrons. The van der Waals surface area contributed by atoms with Crippen LogP contribution in [0.2, 0.25) is 0 Å². The van der Waals surface area contributed by atoms with Gasteiger partial charge >= 0.3 is 0 Å². The second-order valence-electron chi connectivity index (χ2n) is 7.77. The van der Waals surface area contributed by atoms with Gasteiger partial charge < -0.3 is 14.5 Å². The van der Waals surface area contributed by atoms with Crippen LogP contribution in [0, 0.1) is 5.92 Å². The number of likely N-dealkylation sites (tertiary alicyclic amines) is 2. The van der Waals surface area contributed by atoms with Crippen molar-refractivity contribution >= 4 is 23.2 Å². The molecule has 27 heavy (non-hydrogen) atoms. The lowest BCUT2D eigenvalue weighted by Gasteiger charge is -2.43. The minimum Gasteiger partial charge on any atom is -0.378 e. The summed E-state index contributed by atoms with van der Waals surface area (Å²) in [6, 6.07) is 4.34. The SMILES string of the molecule is O=C(c1cccs1)N1CCC(N2CCCC(C(=O)N3CCOCC3)C2)CC1. The van der Waals surface area contributed by atoms with Crippen molar-refractivity contribution in [3.05, 3.63) is 22.4 Å². The van der Waals surface area contributed by atoms with Crippen molar-refractivity contribution in [2.24, 2.45) is 5.92 Å². The van der Waals surface area contributed by atoms with Crippen molar-refractivity contribution in [1.82, 2.24) is 14.7 Å². The van der Waals surface area contributed by atoms with E-state index in [-0.39, 0.29) is 11.8 Å². The highest BCUT2D eigenvalue weighted by Crippen LogP contribution is 2.26. The Morgan fingerprint density at radius 1 is 1.00 bits per heavy atom. The fraction of sp³-hybridized carbons (Fsp3) is 0.700. The molecule has 3 aliphatic rings. The van der Waals surface area contributed by atoms with Gasteiger partial charge in [0.15, 0.2) is 0 Å². The molecule has 3 saturated heterocycles. The van der Waals surface area contributed by atoms with Crippen LogP contribution >= 0.6 is 11.3 Å². The minimum absolute atomic E-state index is 0.127. The van der Waals surface area contributed by atoms with Crippen molar-refractivity contribution < 1.29 is 14.3 Å². The molecule has 3 fully saturated rings. The van der Waals surface area contributed by atoms with Gasteiger partial charge in [-0.3, -0.25) is 14.5 Å². The Morgan fingerprint density at radius 2 is 1.78 bits per heavy atom. The maximum absolute atomic E-state index is 12.8. The van der Waals surface area contributed by atoms with Crippen LogP contribution < -0.4 is 0 Å². The van der Waals surface area contributed by atoms with Crippen LogP contribution in [0.4, 0.5) is 0 Å². The molecule has 0 spiro atoms. The lowest BCUT2D eigenvalue weighted by atomic mass is 9.92. The van der Waals surface area contributed by atoms with E-state index in [1.807, 2.05) is 27.3 Å². The van der Waals surface area contributed by atoms with E-state index in [1.165, 1.54) is 11.3 Å². The standard InChI is InChI=1S/C20H29N3O3S/c24-19(22-10-12-26-13-11-22)16-3-1-7-23(15-16)17-5-8-21(9-6-17)20(25)18-4-2-14-27-18/h2,4,14,16-17H,1,3,5-13,15H2. The number of piperidine rings is 2. The maximum Gasteiger partial charge on any atom is 0.263 e. The largest absolute Gasteiger partial charge is 0.378 e. The van der Waals surface area contributed by atoms with Gasteiger partial charge in [-0.2, -0.15) is 0 Å². The second-order valence-corrected chi connectivity index (χ2v) is 8.72. The van der Waals surface area contributed by atoms with Gasteiger partial charge in [-0.25, -0.2) is 0 Å². The van der Waals surface area contributed by atoms with Gasteiger partial charge in [0.05, 0.1) is 24.0 Å². The Morgan fingerprint density at radius 3 is 2.48 bits per heavy atom. The smallest absolute Gasteiger partial charge is 0.263 e. The fourth-order valence-corrected chi connectivity index (χ4v) is 5.26. The Hall–Kier alpha value is -1.44. The predicted octanol–water partition coefficient (Wildman–Crippen LogP) is 1.92. The zero-order chi connectivity index (χ0) is 18.6. The molecule has 0 bridgehead atoms. The third-order valence-corrected chi connectivity index (χ3v) is 6.98. The molecule has 2 amide bonds. The minimum atomic E-state index is 0.127. The summed E-state index contributed by atoms with van der Waals surface area (Å²) in [5.41, 5.74) is 0. The molecule has 0 saturated carbocycles. The highest BCUT2D eigenvalue weighted by Gasteiger charge is 2.34. The Kier molecular flexibility index (Phi) is 6.10. The van der Waals surface area contributed by atoms with Gasteiger partial charge in [-0.1, -0.05) is 6.07 Å². The molecule has 1 aromatic heterocycles. The zero-order valence-electron chi connectivity index (χ0n) is 15.8. The van der Waals surface area contributed by atoms with Crippen molar-refractivity contribution in [2.45, 2.75) is 31.7 Å². The number of ether oxygens (including phenoxy) is 1. The number of nitrogens with zero attached hydrogens (tertiary/aromatic N) is 3. The van der Waals surface area contributed by atoms with Crippen LogP contribution in [0.5, 0.6) is 0 Å². The molecule has 4 rings (SSSR count). The molecule has 6 nitrogen and oxygen atoms in total. The fourth-order valence-electron chi connectivity index (χ4n) is 4.57. The Balaban J connectivity index is 1.29. The molecule has 148 valence electrons. The van der Waals surface area contributed by atoms with Gasteiger partial charge in [0.25, 0.3) is 5.91 Å². The number of rotatable bonds is 3. The maximum atomic E-state index is 12.8. The van der Waals surface area contributed by atoms with Crippen LogP contribution in [-0.2, 0) is 9.53 Å². The third kappa shape index (κ3) is 4.36. The summed E-state index contributed by atoms with van der Waals surface area (Å²) in [6.45, 7) is 6.39. The number of thiophene rings is 1. The summed E-state index contributed by atoms with van der Waals surface area (Å²) in [4.78, 5) is 32.7. The molecule has 4 heterocycles. The van der Waals surface area contributed by atoms with Gasteiger partial charge in [-0.15, -0.1) is 11.3 Å². The normalized spacial score (nSPS) is 25.6. The first kappa shape index (κ1) is 18.9. The molecule has 7 heteroatoms. The first-order valence-corrected chi connectivity index (χ1v) is 11.0. The van der Waals surface area contributed by atoms with E-state index >= 15 is 0 Å². The average molecular weight is 392 g/mol. The Bertz CT molecular complexity index is 637. The van der Waals surface area contributed by atoms with E-state index < -0.39 is 0 Å². The molecule has 1 aromatic rings. The topological polar surface area (TPSA) is 53.1 Å². The Labute approximate surface area is 165 Å². The van der Waals surface area contributed by atoms with E-state index in [9.17, 15) is 9.59 Å². The van der Waals surface area contributed by atoms with E-state index in [0.29, 0.717) is 25.2 Å². The number of carbonyl (C=O) groups excluding carboxylic acids is 2. The van der Waals surface area contributed by atoms with Crippen LogP contribution in [0.15, 0.2) is 17.5 Å². The first-order valence-electron chi connectivity index (χ1n) is 10.2. The van der Waals surface area contributed by atoms with E-state index in [0.717, 1.165) is 69.8 Å². The van der Waals surface area contributed by atoms with Crippen LogP contribution in [0.3, 0.4) is 0 Å². The summed E-state index contributed by atoms with van der Waals surface area (Å²) in [5.74, 6) is 0.610. The van der Waals surface area contributed by atoms with E-state index in [2.05, 4.69) is 4.90 Å². The molecule has 1 unspecified atom stereocenters. The lowest BCUT2D eigenvalue weighted by Crippen LogP contribution is -2.53. The monoisotopic (exact) mass is 391 g/mol. The highest BCUT2D eigenvalue weighted by atomic mass is 32.1. The summed E-state index contributed by atoms with van der Waals surface area (Å²) in [7, 11) is 0. The second kappa shape index (κ2) is 8.71. The number of carbonyl (C=O) groups is 2. The summed E-state index contributed by atoms with van der Waals surface area (Å²) in [5, 5.41) is 1.96.